The van der Waals surface area contributed by atoms with E-state index in [0.29, 0.717) is 6.42 Å². The summed E-state index contributed by atoms with van der Waals surface area (Å²) in [5.74, 6) is -2.52. The molecular formula is C17H16N2O5. The van der Waals surface area contributed by atoms with Crippen LogP contribution in [0.25, 0.3) is 0 Å². The van der Waals surface area contributed by atoms with Crippen molar-refractivity contribution in [1.82, 2.24) is 5.32 Å². The molecule has 7 heteroatoms. The number of hydrogen-bond donors (Lipinski definition) is 2. The Labute approximate surface area is 137 Å². The summed E-state index contributed by atoms with van der Waals surface area (Å²) >= 11 is 0. The van der Waals surface area contributed by atoms with Crippen LogP contribution < -0.4 is 10.2 Å². The van der Waals surface area contributed by atoms with Gasteiger partial charge in [0.25, 0.3) is 5.91 Å². The van der Waals surface area contributed by atoms with E-state index in [4.69, 9.17) is 9.52 Å². The molecule has 7 nitrogen and oxygen atoms in total. The Morgan fingerprint density at radius 2 is 1.83 bits per heavy atom. The molecule has 2 atom stereocenters. The van der Waals surface area contributed by atoms with Gasteiger partial charge in [0.2, 0.25) is 11.7 Å². The van der Waals surface area contributed by atoms with E-state index < -0.39 is 17.9 Å². The van der Waals surface area contributed by atoms with Gasteiger partial charge in [0.05, 0.1) is 0 Å². The van der Waals surface area contributed by atoms with Crippen LogP contribution in [0.3, 0.4) is 0 Å². The molecule has 1 aromatic carbocycles. The van der Waals surface area contributed by atoms with Gasteiger partial charge >= 0.3 is 5.97 Å². The highest BCUT2D eigenvalue weighted by molar-refractivity contribution is 6.04. The largest absolute Gasteiger partial charge is 0.475 e. The second-order valence-electron chi connectivity index (χ2n) is 5.62. The maximum absolute atomic E-state index is 12.6. The van der Waals surface area contributed by atoms with Gasteiger partial charge in [0.1, 0.15) is 6.04 Å². The molecule has 0 aliphatic carbocycles. The van der Waals surface area contributed by atoms with Gasteiger partial charge in [0.15, 0.2) is 5.76 Å². The van der Waals surface area contributed by atoms with Crippen molar-refractivity contribution >= 4 is 23.5 Å². The number of aromatic carboxylic acids is 1. The third kappa shape index (κ3) is 2.88. The molecule has 2 aromatic rings. The van der Waals surface area contributed by atoms with Crippen LogP contribution in [0, 0.1) is 0 Å². The molecule has 124 valence electrons. The number of amides is 2. The lowest BCUT2D eigenvalue weighted by atomic mass is 10.2. The Balaban J connectivity index is 1.73. The zero-order chi connectivity index (χ0) is 17.3. The van der Waals surface area contributed by atoms with Gasteiger partial charge < -0.3 is 19.7 Å². The van der Waals surface area contributed by atoms with E-state index >= 15 is 0 Å². The quantitative estimate of drug-likeness (QED) is 0.893. The van der Waals surface area contributed by atoms with Gasteiger partial charge in [-0.3, -0.25) is 9.59 Å². The Kier molecular flexibility index (Phi) is 4.07. The number of hydrogen-bond acceptors (Lipinski definition) is 4. The van der Waals surface area contributed by atoms with Crippen LogP contribution in [0.1, 0.15) is 34.5 Å². The molecule has 2 heterocycles. The van der Waals surface area contributed by atoms with Gasteiger partial charge in [-0.05, 0) is 37.6 Å². The van der Waals surface area contributed by atoms with Crippen molar-refractivity contribution in [3.63, 3.8) is 0 Å². The maximum Gasteiger partial charge on any atom is 0.371 e. The third-order valence-electron chi connectivity index (χ3n) is 3.93. The molecule has 1 aliphatic rings. The van der Waals surface area contributed by atoms with Gasteiger partial charge in [-0.25, -0.2) is 4.79 Å². The van der Waals surface area contributed by atoms with Gasteiger partial charge in [0, 0.05) is 11.7 Å². The molecule has 1 saturated heterocycles. The van der Waals surface area contributed by atoms with Gasteiger partial charge in [-0.15, -0.1) is 0 Å². The van der Waals surface area contributed by atoms with E-state index in [1.807, 2.05) is 37.3 Å². The molecule has 0 spiro atoms. The monoisotopic (exact) mass is 328 g/mol. The number of benzene rings is 1. The van der Waals surface area contributed by atoms with Crippen molar-refractivity contribution in [2.45, 2.75) is 25.4 Å². The number of rotatable bonds is 4. The lowest BCUT2D eigenvalue weighted by Gasteiger charge is -2.21. The number of furan rings is 1. The summed E-state index contributed by atoms with van der Waals surface area (Å²) in [5.41, 5.74) is 0.776. The average Bonchev–Trinajstić information content (AvgIpc) is 3.14. The van der Waals surface area contributed by atoms with E-state index in [-0.39, 0.29) is 23.5 Å². The number of para-hydroxylation sites is 1. The summed E-state index contributed by atoms with van der Waals surface area (Å²) in [5, 5.41) is 11.4. The molecule has 0 bridgehead atoms. The number of nitrogens with one attached hydrogen (secondary N) is 1. The minimum atomic E-state index is -1.25. The molecular weight excluding hydrogens is 312 g/mol. The Hall–Kier alpha value is -3.09. The van der Waals surface area contributed by atoms with Crippen LogP contribution in [-0.4, -0.2) is 35.0 Å². The van der Waals surface area contributed by atoms with Crippen molar-refractivity contribution in [2.75, 3.05) is 4.90 Å². The van der Waals surface area contributed by atoms with E-state index in [1.54, 1.807) is 4.90 Å². The highest BCUT2D eigenvalue weighted by Gasteiger charge is 2.39. The molecule has 3 rings (SSSR count). The minimum absolute atomic E-state index is 0.0589. The molecule has 24 heavy (non-hydrogen) atoms. The summed E-state index contributed by atoms with van der Waals surface area (Å²) in [7, 11) is 0. The number of nitrogens with zero attached hydrogens (tertiary/aromatic N) is 1. The van der Waals surface area contributed by atoms with E-state index in [1.165, 1.54) is 12.1 Å². The van der Waals surface area contributed by atoms with Crippen molar-refractivity contribution in [2.24, 2.45) is 0 Å². The summed E-state index contributed by atoms with van der Waals surface area (Å²) in [6.07, 6.45) is 0.464. The SMILES string of the molecule is C[C@H]1C[C@@H](NC(=O)c2ccc(C(=O)O)o2)C(=O)N1c1ccccc1. The lowest BCUT2D eigenvalue weighted by molar-refractivity contribution is -0.118. The standard InChI is InChI=1S/C17H16N2O5/c1-10-9-12(16(21)19(10)11-5-3-2-4-6-11)18-15(20)13-7-8-14(24-13)17(22)23/h2-8,10,12H,9H2,1H3,(H,18,20)(H,22,23)/t10-,12+/m0/s1. The van der Waals surface area contributed by atoms with E-state index in [0.717, 1.165) is 5.69 Å². The maximum atomic E-state index is 12.6. The molecule has 0 unspecified atom stereocenters. The zero-order valence-electron chi connectivity index (χ0n) is 12.9. The van der Waals surface area contributed by atoms with E-state index in [9.17, 15) is 14.4 Å². The first-order chi connectivity index (χ1) is 11.5. The van der Waals surface area contributed by atoms with Crippen molar-refractivity contribution < 1.29 is 23.9 Å². The average molecular weight is 328 g/mol. The van der Waals surface area contributed by atoms with Crippen LogP contribution in [0.5, 0.6) is 0 Å². The Bertz CT molecular complexity index is 783. The fourth-order valence-corrected chi connectivity index (χ4v) is 2.83. The van der Waals surface area contributed by atoms with Crippen LogP contribution in [0.2, 0.25) is 0 Å². The topological polar surface area (TPSA) is 99.9 Å². The Morgan fingerprint density at radius 3 is 2.46 bits per heavy atom. The number of carbonyl (C=O) groups is 3. The van der Waals surface area contributed by atoms with Crippen molar-refractivity contribution in [1.29, 1.82) is 0 Å². The first-order valence-electron chi connectivity index (χ1n) is 7.49. The molecule has 1 fully saturated rings. The van der Waals surface area contributed by atoms with Gasteiger partial charge in [-0.2, -0.15) is 0 Å². The predicted octanol–water partition coefficient (Wildman–Crippen LogP) is 1.90. The van der Waals surface area contributed by atoms with Crippen LogP contribution in [0.15, 0.2) is 46.9 Å². The summed E-state index contributed by atoms with van der Waals surface area (Å²) in [6.45, 7) is 1.91. The van der Waals surface area contributed by atoms with Gasteiger partial charge in [-0.1, -0.05) is 18.2 Å². The first-order valence-corrected chi connectivity index (χ1v) is 7.49. The third-order valence-corrected chi connectivity index (χ3v) is 3.93. The Morgan fingerprint density at radius 1 is 1.17 bits per heavy atom. The lowest BCUT2D eigenvalue weighted by Crippen LogP contribution is -2.41. The highest BCUT2D eigenvalue weighted by atomic mass is 16.4. The van der Waals surface area contributed by atoms with Crippen LogP contribution in [0.4, 0.5) is 5.69 Å². The number of carbonyl (C=O) groups excluding carboxylic acids is 2. The fourth-order valence-electron chi connectivity index (χ4n) is 2.83. The second-order valence-corrected chi connectivity index (χ2v) is 5.62. The molecule has 0 radical (unpaired) electrons. The minimum Gasteiger partial charge on any atom is -0.475 e. The molecule has 2 amide bonds. The van der Waals surface area contributed by atoms with Crippen LogP contribution >= 0.6 is 0 Å². The van der Waals surface area contributed by atoms with E-state index in [2.05, 4.69) is 5.32 Å². The molecule has 1 aromatic heterocycles. The first kappa shape index (κ1) is 15.8. The second kappa shape index (κ2) is 6.19. The zero-order valence-corrected chi connectivity index (χ0v) is 12.9. The van der Waals surface area contributed by atoms with Crippen molar-refractivity contribution in [3.05, 3.63) is 54.0 Å². The molecule has 1 aliphatic heterocycles. The normalized spacial score (nSPS) is 20.2. The predicted molar refractivity (Wildman–Crippen MR) is 84.9 cm³/mol. The summed E-state index contributed by atoms with van der Waals surface area (Å²) in [6, 6.07) is 11.0. The fraction of sp³-hybridized carbons (Fsp3) is 0.235. The number of carboxylic acids is 1. The van der Waals surface area contributed by atoms with Crippen molar-refractivity contribution in [3.8, 4) is 0 Å². The number of anilines is 1. The van der Waals surface area contributed by atoms with Crippen LogP contribution in [-0.2, 0) is 4.79 Å². The highest BCUT2D eigenvalue weighted by Crippen LogP contribution is 2.26. The summed E-state index contributed by atoms with van der Waals surface area (Å²) in [4.78, 5) is 37.2. The smallest absolute Gasteiger partial charge is 0.371 e. The molecule has 2 N–H and O–H groups in total. The number of carboxylic acid groups (broad SMARTS) is 1. The molecule has 0 saturated carbocycles. The summed E-state index contributed by atoms with van der Waals surface area (Å²) < 4.78 is 4.95.